The van der Waals surface area contributed by atoms with Gasteiger partial charge in [-0.05, 0) is 102 Å². The standard InChI is InChI=1S/C51H51N9O3SSi/c1-58-27-20-35(21-28-58)48-41-14-12-39(54-41)47(34-8-10-38(11-9-34)53-51(64)52-26-7-33-65(61-4,62-5)63-6)40-13-15-42(55-40)49(36-22-29-59(2)30-23-36)44-17-19-46(57-44)50(45-18-16-43(48)56-45)37-24-31-60(3)32-25-37/h8-25,27-32H,7,26,33H2,1-6H3,(H3-,52,53,54,55,56,57,64)/p+3. The molecule has 0 atom stereocenters. The van der Waals surface area contributed by atoms with Crippen LogP contribution in [0.1, 0.15) is 51.5 Å². The highest BCUT2D eigenvalue weighted by Gasteiger charge is 2.36. The maximum absolute atomic E-state index is 5.70. The lowest BCUT2D eigenvalue weighted by atomic mass is 10.0. The number of fused-ring (bicyclic) bond motifs is 8. The number of nitrogens with one attached hydrogen (secondary N) is 6. The van der Waals surface area contributed by atoms with E-state index in [1.807, 2.05) is 21.1 Å². The van der Waals surface area contributed by atoms with Crippen LogP contribution in [0.25, 0.3) is 22.3 Å². The van der Waals surface area contributed by atoms with Gasteiger partial charge in [0.2, 0.25) is 0 Å². The van der Waals surface area contributed by atoms with Crippen LogP contribution in [-0.2, 0) is 34.4 Å². The molecule has 8 bridgehead atoms. The summed E-state index contributed by atoms with van der Waals surface area (Å²) in [6, 6.07) is 39.5. The summed E-state index contributed by atoms with van der Waals surface area (Å²) in [6.07, 6.45) is 13.3. The zero-order valence-electron chi connectivity index (χ0n) is 37.5. The molecule has 8 heterocycles. The number of thiocarbonyl (C=S) groups is 1. The Morgan fingerprint density at radius 2 is 0.815 bits per heavy atom. The van der Waals surface area contributed by atoms with Crippen molar-refractivity contribution >= 4 is 54.1 Å². The van der Waals surface area contributed by atoms with Crippen molar-refractivity contribution in [3.05, 3.63) is 213 Å². The number of aromatic nitrogens is 7. The van der Waals surface area contributed by atoms with Crippen molar-refractivity contribution in [2.24, 2.45) is 21.1 Å². The minimum Gasteiger partial charge on any atom is -0.377 e. The van der Waals surface area contributed by atoms with Crippen LogP contribution < -0.4 is 45.7 Å². The highest BCUT2D eigenvalue weighted by atomic mass is 32.1. The van der Waals surface area contributed by atoms with Crippen molar-refractivity contribution < 1.29 is 27.0 Å². The van der Waals surface area contributed by atoms with Crippen LogP contribution in [0, 0.1) is 0 Å². The second-order valence-corrected chi connectivity index (χ2v) is 19.8. The molecule has 0 amide bonds. The summed E-state index contributed by atoms with van der Waals surface area (Å²) in [4.78, 5) is 15.5. The van der Waals surface area contributed by atoms with Gasteiger partial charge in [-0.1, -0.05) is 12.1 Å². The fourth-order valence-electron chi connectivity index (χ4n) is 8.53. The van der Waals surface area contributed by atoms with Crippen molar-refractivity contribution in [3.63, 3.8) is 0 Å². The van der Waals surface area contributed by atoms with Crippen LogP contribution in [0.15, 0.2) is 146 Å². The van der Waals surface area contributed by atoms with Gasteiger partial charge in [-0.2, -0.15) is 0 Å². The first-order valence-corrected chi connectivity index (χ1v) is 23.9. The van der Waals surface area contributed by atoms with Gasteiger partial charge in [0.15, 0.2) is 42.3 Å². The Hall–Kier alpha value is -6.94. The Kier molecular flexibility index (Phi) is 12.4. The Morgan fingerprint density at radius 3 is 1.15 bits per heavy atom. The molecule has 1 aromatic carbocycles. The maximum Gasteiger partial charge on any atom is 0.500 e. The average Bonchev–Trinajstić information content (AvgIpc) is 4.18. The molecule has 65 heavy (non-hydrogen) atoms. The number of hydrogen-bond acceptors (Lipinski definition) is 4. The molecule has 6 N–H and O–H groups in total. The monoisotopic (exact) mass is 900 g/mol. The topological polar surface area (TPSA) is 127 Å². The third-order valence-electron chi connectivity index (χ3n) is 12.0. The first-order valence-electron chi connectivity index (χ1n) is 21.6. The third kappa shape index (κ3) is 9.07. The van der Waals surface area contributed by atoms with Crippen molar-refractivity contribution in [1.82, 2.24) is 25.3 Å². The molecule has 12 nitrogen and oxygen atoms in total. The van der Waals surface area contributed by atoms with Gasteiger partial charge in [0, 0.05) is 142 Å². The van der Waals surface area contributed by atoms with E-state index in [2.05, 4.69) is 191 Å². The molecule has 0 spiro atoms. The van der Waals surface area contributed by atoms with Gasteiger partial charge < -0.3 is 43.8 Å². The van der Waals surface area contributed by atoms with Gasteiger partial charge in [-0.15, -0.1) is 0 Å². The summed E-state index contributed by atoms with van der Waals surface area (Å²) in [5.41, 5.74) is 13.3. The number of aromatic amines is 4. The van der Waals surface area contributed by atoms with E-state index < -0.39 is 8.80 Å². The molecule has 0 saturated carbocycles. The largest absolute Gasteiger partial charge is 0.500 e. The van der Waals surface area contributed by atoms with Gasteiger partial charge in [-0.25, -0.2) is 13.7 Å². The molecule has 0 radical (unpaired) electrons. The van der Waals surface area contributed by atoms with E-state index in [1.54, 1.807) is 21.3 Å². The summed E-state index contributed by atoms with van der Waals surface area (Å²) < 4.78 is 22.9. The Morgan fingerprint density at radius 1 is 0.477 bits per heavy atom. The van der Waals surface area contributed by atoms with Gasteiger partial charge in [-0.3, -0.25) is 0 Å². The molecule has 1 aliphatic heterocycles. The van der Waals surface area contributed by atoms with E-state index in [0.717, 1.165) is 101 Å². The summed E-state index contributed by atoms with van der Waals surface area (Å²) in [5, 5.41) is 11.1. The van der Waals surface area contributed by atoms with E-state index in [1.165, 1.54) is 0 Å². The smallest absolute Gasteiger partial charge is 0.377 e. The Balaban J connectivity index is 1.20. The van der Waals surface area contributed by atoms with Crippen LogP contribution >= 0.6 is 12.2 Å². The van der Waals surface area contributed by atoms with Crippen molar-refractivity contribution in [3.8, 4) is 0 Å². The molecule has 0 fully saturated rings. The van der Waals surface area contributed by atoms with Crippen LogP contribution in [-0.4, -0.2) is 61.7 Å². The SMILES string of the molecule is CO[Si](CCCNC(=S)Nc1ccc(C2=c3ccc([nH]3)=C(c3cc[n+](C)cc3)c3ccc([nH]3)C(c3cc[n+](C)cc3)=c3ccc([nH]3)=C(c3cc[n+](C)cc3)c3ccc2[nH]3)cc1)(OC)OC. The fourth-order valence-corrected chi connectivity index (χ4v) is 10.5. The van der Waals surface area contributed by atoms with E-state index in [-0.39, 0.29) is 0 Å². The van der Waals surface area contributed by atoms with E-state index in [4.69, 9.17) is 25.5 Å². The van der Waals surface area contributed by atoms with E-state index in [9.17, 15) is 0 Å². The first kappa shape index (κ1) is 43.3. The number of pyridine rings is 3. The lowest BCUT2D eigenvalue weighted by Gasteiger charge is -2.24. The average molecular weight is 901 g/mol. The number of H-pyrrole nitrogens is 4. The molecule has 0 unspecified atom stereocenters. The zero-order valence-corrected chi connectivity index (χ0v) is 39.3. The molecule has 1 aliphatic rings. The van der Waals surface area contributed by atoms with Gasteiger partial charge in [0.25, 0.3) is 0 Å². The first-order chi connectivity index (χ1) is 31.6. The maximum atomic E-state index is 5.70. The van der Waals surface area contributed by atoms with Gasteiger partial charge in [0.1, 0.15) is 21.1 Å². The highest BCUT2D eigenvalue weighted by molar-refractivity contribution is 7.80. The molecular weight excluding hydrogens is 847 g/mol. The predicted molar refractivity (Wildman–Crippen MR) is 258 cm³/mol. The summed E-state index contributed by atoms with van der Waals surface area (Å²) in [7, 11) is 8.36. The van der Waals surface area contributed by atoms with Crippen LogP contribution in [0.5, 0.6) is 0 Å². The van der Waals surface area contributed by atoms with Gasteiger partial charge >= 0.3 is 8.80 Å². The van der Waals surface area contributed by atoms with Crippen LogP contribution in [0.2, 0.25) is 6.04 Å². The number of anilines is 1. The highest BCUT2D eigenvalue weighted by Crippen LogP contribution is 2.28. The van der Waals surface area contributed by atoms with Crippen molar-refractivity contribution in [1.29, 1.82) is 0 Å². The molecule has 14 heteroatoms. The summed E-state index contributed by atoms with van der Waals surface area (Å²) >= 11 is 5.70. The lowest BCUT2D eigenvalue weighted by molar-refractivity contribution is -0.671. The number of rotatable bonds is 12. The van der Waals surface area contributed by atoms with E-state index in [0.29, 0.717) is 17.7 Å². The molecular formula is C51H54N9O3SSi+3. The van der Waals surface area contributed by atoms with Crippen molar-refractivity contribution in [2.75, 3.05) is 33.2 Å². The summed E-state index contributed by atoms with van der Waals surface area (Å²) in [6.45, 7) is 0.650. The quantitative estimate of drug-likeness (QED) is 0.0485. The molecule has 7 aromatic heterocycles. The minimum absolute atomic E-state index is 0.537. The van der Waals surface area contributed by atoms with Crippen LogP contribution in [0.4, 0.5) is 5.69 Å². The molecule has 328 valence electrons. The fraction of sp³-hybridized carbons (Fsp3) is 0.176. The second-order valence-electron chi connectivity index (χ2n) is 16.3. The normalized spacial score (nSPS) is 12.8. The lowest BCUT2D eigenvalue weighted by Crippen LogP contribution is -2.43. The van der Waals surface area contributed by atoms with Gasteiger partial charge in [0.05, 0.1) is 0 Å². The molecule has 9 rings (SSSR count). The predicted octanol–water partition coefficient (Wildman–Crippen LogP) is 3.33. The van der Waals surface area contributed by atoms with E-state index >= 15 is 0 Å². The Bertz CT molecular complexity index is 3230. The van der Waals surface area contributed by atoms with Crippen molar-refractivity contribution in [2.45, 2.75) is 12.5 Å². The number of benzene rings is 1. The Labute approximate surface area is 384 Å². The minimum atomic E-state index is -2.65. The molecule has 0 aliphatic carbocycles. The van der Waals surface area contributed by atoms with Crippen LogP contribution in [0.3, 0.4) is 0 Å². The zero-order chi connectivity index (χ0) is 45.1. The number of nitrogens with zero attached hydrogens (tertiary/aromatic N) is 3. The summed E-state index contributed by atoms with van der Waals surface area (Å²) in [5.74, 6) is 0. The number of aryl methyl sites for hydroxylation is 3. The molecule has 0 saturated heterocycles. The molecule has 8 aromatic rings. The third-order valence-corrected chi connectivity index (χ3v) is 15.1. The number of hydrogen-bond donors (Lipinski definition) is 6. The second kappa shape index (κ2) is 18.6.